The second kappa shape index (κ2) is 6.00. The topological polar surface area (TPSA) is 56.0 Å². The van der Waals surface area contributed by atoms with Crippen LogP contribution in [0.2, 0.25) is 0 Å². The second-order valence-corrected chi connectivity index (χ2v) is 5.29. The molecule has 5 nitrogen and oxygen atoms in total. The van der Waals surface area contributed by atoms with Gasteiger partial charge in [0, 0.05) is 38.4 Å². The highest BCUT2D eigenvalue weighted by molar-refractivity contribution is 5.02. The zero-order valence-corrected chi connectivity index (χ0v) is 11.9. The van der Waals surface area contributed by atoms with Gasteiger partial charge in [0.2, 0.25) is 0 Å². The number of aromatic nitrogens is 2. The summed E-state index contributed by atoms with van der Waals surface area (Å²) in [6.45, 7) is 6.99. The quantitative estimate of drug-likeness (QED) is 0.836. The Morgan fingerprint density at radius 1 is 1.17 bits per heavy atom. The van der Waals surface area contributed by atoms with Gasteiger partial charge in [-0.05, 0) is 19.3 Å². The van der Waals surface area contributed by atoms with Crippen molar-refractivity contribution in [3.63, 3.8) is 0 Å². The summed E-state index contributed by atoms with van der Waals surface area (Å²) in [6.07, 6.45) is 1.07. The highest BCUT2D eigenvalue weighted by atomic mass is 16.2. The Hall–Kier alpha value is -1.36. The van der Waals surface area contributed by atoms with Crippen LogP contribution in [0.4, 0.5) is 0 Å². The molecule has 102 valence electrons. The van der Waals surface area contributed by atoms with Crippen LogP contribution in [0, 0.1) is 5.92 Å². The molecule has 0 aliphatic carbocycles. The van der Waals surface area contributed by atoms with Crippen molar-refractivity contribution < 1.29 is 0 Å². The van der Waals surface area contributed by atoms with Crippen molar-refractivity contribution in [2.45, 2.75) is 39.8 Å². The Labute approximate surface area is 107 Å². The lowest BCUT2D eigenvalue weighted by Gasteiger charge is -2.17. The fourth-order valence-electron chi connectivity index (χ4n) is 2.02. The number of hydrogen-bond donors (Lipinski definition) is 1. The Morgan fingerprint density at radius 2 is 1.78 bits per heavy atom. The summed E-state index contributed by atoms with van der Waals surface area (Å²) < 4.78 is 2.62. The molecular formula is C13H23N3O2. The lowest BCUT2D eigenvalue weighted by Crippen LogP contribution is -2.39. The van der Waals surface area contributed by atoms with Crippen LogP contribution in [0.1, 0.15) is 32.9 Å². The van der Waals surface area contributed by atoms with Crippen LogP contribution < -0.4 is 16.6 Å². The Bertz CT molecular complexity index is 514. The first-order chi connectivity index (χ1) is 8.32. The van der Waals surface area contributed by atoms with Gasteiger partial charge in [-0.2, -0.15) is 0 Å². The standard InChI is InChI=1S/C13H23N3O2/c1-9(2)6-10(3)14-8-11-7-12(17)16(5)13(18)15(11)4/h7,9-10,14H,6,8H2,1-5H3. The van der Waals surface area contributed by atoms with Crippen molar-refractivity contribution in [2.24, 2.45) is 20.0 Å². The number of nitrogens with zero attached hydrogens (tertiary/aromatic N) is 2. The number of rotatable bonds is 5. The van der Waals surface area contributed by atoms with E-state index in [1.54, 1.807) is 7.05 Å². The zero-order chi connectivity index (χ0) is 13.9. The first-order valence-electron chi connectivity index (χ1n) is 6.32. The van der Waals surface area contributed by atoms with Gasteiger partial charge in [-0.3, -0.25) is 13.9 Å². The summed E-state index contributed by atoms with van der Waals surface area (Å²) in [5.41, 5.74) is 0.181. The molecule has 0 aliphatic heterocycles. The van der Waals surface area contributed by atoms with Gasteiger partial charge >= 0.3 is 5.69 Å². The molecule has 0 aliphatic rings. The molecule has 1 unspecified atom stereocenters. The van der Waals surface area contributed by atoms with Crippen molar-refractivity contribution in [2.75, 3.05) is 0 Å². The van der Waals surface area contributed by atoms with Crippen LogP contribution in [0.3, 0.4) is 0 Å². The molecular weight excluding hydrogens is 230 g/mol. The van der Waals surface area contributed by atoms with Gasteiger partial charge < -0.3 is 5.32 Å². The van der Waals surface area contributed by atoms with Gasteiger partial charge in [-0.1, -0.05) is 13.8 Å². The van der Waals surface area contributed by atoms with Crippen molar-refractivity contribution in [1.29, 1.82) is 0 Å². The van der Waals surface area contributed by atoms with E-state index in [0.717, 1.165) is 16.7 Å². The number of nitrogens with one attached hydrogen (secondary N) is 1. The maximum absolute atomic E-state index is 11.7. The van der Waals surface area contributed by atoms with Crippen molar-refractivity contribution in [1.82, 2.24) is 14.5 Å². The van der Waals surface area contributed by atoms with E-state index in [1.807, 2.05) is 0 Å². The summed E-state index contributed by atoms with van der Waals surface area (Å²) in [7, 11) is 3.18. The monoisotopic (exact) mass is 253 g/mol. The summed E-state index contributed by atoms with van der Waals surface area (Å²) in [5, 5.41) is 3.34. The second-order valence-electron chi connectivity index (χ2n) is 5.29. The Kier molecular flexibility index (Phi) is 4.90. The van der Waals surface area contributed by atoms with E-state index < -0.39 is 0 Å². The van der Waals surface area contributed by atoms with E-state index in [0.29, 0.717) is 18.5 Å². The van der Waals surface area contributed by atoms with E-state index in [2.05, 4.69) is 26.1 Å². The van der Waals surface area contributed by atoms with Gasteiger partial charge in [-0.15, -0.1) is 0 Å². The fraction of sp³-hybridized carbons (Fsp3) is 0.692. The third-order valence-electron chi connectivity index (χ3n) is 3.08. The fourth-order valence-corrected chi connectivity index (χ4v) is 2.02. The van der Waals surface area contributed by atoms with E-state index >= 15 is 0 Å². The molecule has 0 saturated heterocycles. The molecule has 0 aromatic carbocycles. The van der Waals surface area contributed by atoms with Crippen LogP contribution in [0.15, 0.2) is 15.7 Å². The summed E-state index contributed by atoms with van der Waals surface area (Å²) in [5.74, 6) is 0.625. The average molecular weight is 253 g/mol. The third-order valence-corrected chi connectivity index (χ3v) is 3.08. The molecule has 1 N–H and O–H groups in total. The van der Waals surface area contributed by atoms with Gasteiger partial charge in [0.15, 0.2) is 0 Å². The highest BCUT2D eigenvalue weighted by Gasteiger charge is 2.08. The lowest BCUT2D eigenvalue weighted by molar-refractivity contribution is 0.434. The molecule has 18 heavy (non-hydrogen) atoms. The van der Waals surface area contributed by atoms with Crippen LogP contribution in [-0.2, 0) is 20.6 Å². The molecule has 1 aromatic rings. The minimum Gasteiger partial charge on any atom is -0.309 e. The van der Waals surface area contributed by atoms with E-state index in [-0.39, 0.29) is 11.2 Å². The van der Waals surface area contributed by atoms with Crippen LogP contribution >= 0.6 is 0 Å². The molecule has 0 bridgehead atoms. The molecule has 0 spiro atoms. The van der Waals surface area contributed by atoms with Crippen LogP contribution in [0.25, 0.3) is 0 Å². The van der Waals surface area contributed by atoms with Crippen molar-refractivity contribution >= 4 is 0 Å². The maximum Gasteiger partial charge on any atom is 0.330 e. The predicted molar refractivity (Wildman–Crippen MR) is 72.7 cm³/mol. The Balaban J connectivity index is 2.81. The zero-order valence-electron chi connectivity index (χ0n) is 11.9. The smallest absolute Gasteiger partial charge is 0.309 e. The molecule has 1 rings (SSSR count). The average Bonchev–Trinajstić information content (AvgIpc) is 2.28. The molecule has 1 heterocycles. The molecule has 1 aromatic heterocycles. The third kappa shape index (κ3) is 3.57. The molecule has 0 amide bonds. The molecule has 0 fully saturated rings. The Morgan fingerprint density at radius 3 is 2.33 bits per heavy atom. The van der Waals surface area contributed by atoms with Crippen molar-refractivity contribution in [3.8, 4) is 0 Å². The summed E-state index contributed by atoms with van der Waals surface area (Å²) in [4.78, 5) is 23.3. The van der Waals surface area contributed by atoms with Gasteiger partial charge in [-0.25, -0.2) is 4.79 Å². The maximum atomic E-state index is 11.7. The molecule has 0 saturated carbocycles. The summed E-state index contributed by atoms with van der Waals surface area (Å²) in [6, 6.07) is 1.88. The van der Waals surface area contributed by atoms with E-state index in [1.165, 1.54) is 17.7 Å². The normalized spacial score (nSPS) is 13.0. The van der Waals surface area contributed by atoms with E-state index in [9.17, 15) is 9.59 Å². The largest absolute Gasteiger partial charge is 0.330 e. The molecule has 1 atom stereocenters. The van der Waals surface area contributed by atoms with E-state index in [4.69, 9.17) is 0 Å². The van der Waals surface area contributed by atoms with Crippen LogP contribution in [0.5, 0.6) is 0 Å². The lowest BCUT2D eigenvalue weighted by atomic mass is 10.1. The van der Waals surface area contributed by atoms with Gasteiger partial charge in [0.05, 0.1) is 0 Å². The van der Waals surface area contributed by atoms with Crippen LogP contribution in [-0.4, -0.2) is 15.2 Å². The predicted octanol–water partition coefficient (Wildman–Crippen LogP) is 0.608. The summed E-state index contributed by atoms with van der Waals surface area (Å²) >= 11 is 0. The molecule has 0 radical (unpaired) electrons. The highest BCUT2D eigenvalue weighted by Crippen LogP contribution is 2.04. The first kappa shape index (κ1) is 14.7. The number of hydrogen-bond acceptors (Lipinski definition) is 3. The van der Waals surface area contributed by atoms with Gasteiger partial charge in [0.25, 0.3) is 5.56 Å². The van der Waals surface area contributed by atoms with Gasteiger partial charge in [0.1, 0.15) is 0 Å². The minimum atomic E-state index is -0.282. The minimum absolute atomic E-state index is 0.258. The van der Waals surface area contributed by atoms with Crippen molar-refractivity contribution in [3.05, 3.63) is 32.6 Å². The molecule has 5 heteroatoms. The first-order valence-corrected chi connectivity index (χ1v) is 6.32. The SMILES string of the molecule is CC(C)CC(C)NCc1cc(=O)n(C)c(=O)n1C.